The smallest absolute Gasteiger partial charge is 0.462 e. The SMILES string of the molecule is CC/C=C\C/C=C\C/C=C\C/C=C\CCCCCCC(=O)OCC(COP(=O)(O)OCC(CO)OC(=O)CCCCCCCCC/C=C\CCCCCCCC)OC(=O)CCCCCCCCC/C=C\CCCCCCCC. The van der Waals surface area contributed by atoms with Crippen molar-refractivity contribution >= 4 is 25.7 Å². The van der Waals surface area contributed by atoms with E-state index in [2.05, 4.69) is 93.7 Å². The van der Waals surface area contributed by atoms with E-state index in [1.54, 1.807) is 0 Å². The Bertz CT molecular complexity index is 1590. The van der Waals surface area contributed by atoms with Crippen LogP contribution in [0.1, 0.15) is 290 Å². The predicted molar refractivity (Wildman–Crippen MR) is 325 cm³/mol. The first kappa shape index (κ1) is 74.9. The van der Waals surface area contributed by atoms with E-state index in [1.807, 2.05) is 0 Å². The van der Waals surface area contributed by atoms with Gasteiger partial charge in [-0.15, -0.1) is 0 Å². The molecule has 11 nitrogen and oxygen atoms in total. The zero-order valence-electron chi connectivity index (χ0n) is 50.1. The van der Waals surface area contributed by atoms with E-state index in [4.69, 9.17) is 23.3 Å². The maximum Gasteiger partial charge on any atom is 0.472 e. The molecule has 0 spiro atoms. The molecule has 12 heteroatoms. The molecule has 452 valence electrons. The highest BCUT2D eigenvalue weighted by atomic mass is 31.2. The van der Waals surface area contributed by atoms with Gasteiger partial charge in [0.2, 0.25) is 0 Å². The molecule has 0 bridgehead atoms. The summed E-state index contributed by atoms with van der Waals surface area (Å²) in [7, 11) is -4.76. The molecule has 0 rings (SSSR count). The van der Waals surface area contributed by atoms with Crippen LogP contribution in [0, 0.1) is 0 Å². The molecular formula is C66H117O11P. The molecule has 0 aromatic heterocycles. The summed E-state index contributed by atoms with van der Waals surface area (Å²) in [4.78, 5) is 48.7. The third-order valence-electron chi connectivity index (χ3n) is 13.6. The van der Waals surface area contributed by atoms with Crippen molar-refractivity contribution in [3.63, 3.8) is 0 Å². The van der Waals surface area contributed by atoms with Crippen molar-refractivity contribution in [3.05, 3.63) is 72.9 Å². The largest absolute Gasteiger partial charge is 0.472 e. The highest BCUT2D eigenvalue weighted by molar-refractivity contribution is 7.47. The first-order chi connectivity index (χ1) is 38.2. The minimum atomic E-state index is -4.76. The van der Waals surface area contributed by atoms with Gasteiger partial charge in [-0.05, 0) is 109 Å². The van der Waals surface area contributed by atoms with Crippen LogP contribution < -0.4 is 0 Å². The first-order valence-electron chi connectivity index (χ1n) is 31.8. The van der Waals surface area contributed by atoms with Crippen LogP contribution in [0.5, 0.6) is 0 Å². The Morgan fingerprint density at radius 3 is 1.04 bits per heavy atom. The van der Waals surface area contributed by atoms with Gasteiger partial charge in [0.25, 0.3) is 0 Å². The minimum Gasteiger partial charge on any atom is -0.462 e. The molecule has 0 radical (unpaired) electrons. The van der Waals surface area contributed by atoms with Crippen molar-refractivity contribution in [2.24, 2.45) is 0 Å². The average molecular weight is 1120 g/mol. The van der Waals surface area contributed by atoms with Crippen LogP contribution in [0.4, 0.5) is 0 Å². The summed E-state index contributed by atoms with van der Waals surface area (Å²) in [6, 6.07) is 0. The fourth-order valence-electron chi connectivity index (χ4n) is 8.75. The first-order valence-corrected chi connectivity index (χ1v) is 33.3. The van der Waals surface area contributed by atoms with E-state index in [-0.39, 0.29) is 25.9 Å². The molecule has 0 heterocycles. The zero-order valence-corrected chi connectivity index (χ0v) is 51.0. The lowest BCUT2D eigenvalue weighted by Crippen LogP contribution is -2.30. The van der Waals surface area contributed by atoms with E-state index >= 15 is 0 Å². The second kappa shape index (κ2) is 60.0. The normalized spacial score (nSPS) is 13.8. The summed E-state index contributed by atoms with van der Waals surface area (Å²) in [5.74, 6) is -1.49. The molecule has 0 aliphatic heterocycles. The molecule has 0 aromatic rings. The summed E-state index contributed by atoms with van der Waals surface area (Å²) in [6.07, 6.45) is 68.5. The number of phosphoric acid groups is 1. The molecule has 2 N–H and O–H groups in total. The van der Waals surface area contributed by atoms with Gasteiger partial charge < -0.3 is 24.2 Å². The van der Waals surface area contributed by atoms with Gasteiger partial charge in [0.05, 0.1) is 19.8 Å². The van der Waals surface area contributed by atoms with Crippen molar-refractivity contribution in [1.82, 2.24) is 0 Å². The number of hydrogen-bond donors (Lipinski definition) is 2. The molecule has 3 unspecified atom stereocenters. The van der Waals surface area contributed by atoms with Crippen molar-refractivity contribution in [1.29, 1.82) is 0 Å². The second-order valence-corrected chi connectivity index (χ2v) is 22.6. The molecule has 78 heavy (non-hydrogen) atoms. The fourth-order valence-corrected chi connectivity index (χ4v) is 9.53. The number of hydrogen-bond acceptors (Lipinski definition) is 10. The number of allylic oxidation sites excluding steroid dienone is 12. The van der Waals surface area contributed by atoms with E-state index in [0.717, 1.165) is 109 Å². The van der Waals surface area contributed by atoms with Crippen LogP contribution >= 0.6 is 7.82 Å². The van der Waals surface area contributed by atoms with Gasteiger partial charge in [0.1, 0.15) is 12.7 Å². The van der Waals surface area contributed by atoms with Crippen LogP contribution in [0.15, 0.2) is 72.9 Å². The fraction of sp³-hybridized carbons (Fsp3) is 0.773. The Balaban J connectivity index is 4.73. The average Bonchev–Trinajstić information content (AvgIpc) is 3.43. The Hall–Kier alpha value is -3.08. The summed E-state index contributed by atoms with van der Waals surface area (Å²) in [5, 5.41) is 9.85. The van der Waals surface area contributed by atoms with Crippen LogP contribution in [0.25, 0.3) is 0 Å². The molecule has 0 saturated carbocycles. The van der Waals surface area contributed by atoms with E-state index in [1.165, 1.54) is 122 Å². The number of carbonyl (C=O) groups excluding carboxylic acids is 3. The molecule has 0 fully saturated rings. The van der Waals surface area contributed by atoms with Gasteiger partial charge in [-0.3, -0.25) is 23.4 Å². The number of phosphoric ester groups is 1. The number of aliphatic hydroxyl groups excluding tert-OH is 1. The number of ether oxygens (including phenoxy) is 3. The van der Waals surface area contributed by atoms with Crippen LogP contribution in [-0.4, -0.2) is 66.5 Å². The Morgan fingerprint density at radius 2 is 0.667 bits per heavy atom. The number of esters is 3. The molecule has 3 atom stereocenters. The molecular weight excluding hydrogens is 1000 g/mol. The van der Waals surface area contributed by atoms with Gasteiger partial charge in [0, 0.05) is 19.3 Å². The lowest BCUT2D eigenvalue weighted by Gasteiger charge is -2.21. The molecule has 0 aromatic carbocycles. The Morgan fingerprint density at radius 1 is 0.372 bits per heavy atom. The van der Waals surface area contributed by atoms with Crippen molar-refractivity contribution < 1.29 is 52.2 Å². The number of aliphatic hydroxyl groups is 1. The molecule has 0 aliphatic carbocycles. The second-order valence-electron chi connectivity index (χ2n) is 21.2. The maximum atomic E-state index is 12.9. The molecule has 0 amide bonds. The lowest BCUT2D eigenvalue weighted by atomic mass is 10.1. The van der Waals surface area contributed by atoms with Gasteiger partial charge >= 0.3 is 25.7 Å². The van der Waals surface area contributed by atoms with Gasteiger partial charge in [0.15, 0.2) is 6.10 Å². The lowest BCUT2D eigenvalue weighted by molar-refractivity contribution is -0.161. The predicted octanol–water partition coefficient (Wildman–Crippen LogP) is 19.3. The summed E-state index contributed by atoms with van der Waals surface area (Å²) >= 11 is 0. The van der Waals surface area contributed by atoms with E-state index in [9.17, 15) is 28.9 Å². The highest BCUT2D eigenvalue weighted by Crippen LogP contribution is 2.43. The van der Waals surface area contributed by atoms with Crippen LogP contribution in [0.2, 0.25) is 0 Å². The summed E-state index contributed by atoms with van der Waals surface area (Å²) < 4.78 is 39.7. The maximum absolute atomic E-state index is 12.9. The van der Waals surface area contributed by atoms with Crippen molar-refractivity contribution in [3.8, 4) is 0 Å². The van der Waals surface area contributed by atoms with Crippen molar-refractivity contribution in [2.75, 3.05) is 26.4 Å². The summed E-state index contributed by atoms with van der Waals surface area (Å²) in [6.45, 7) is 4.53. The Kier molecular flexibility index (Phi) is 57.7. The Labute approximate surface area is 478 Å². The van der Waals surface area contributed by atoms with Gasteiger partial charge in [-0.2, -0.15) is 0 Å². The van der Waals surface area contributed by atoms with Gasteiger partial charge in [-0.1, -0.05) is 235 Å². The quantitative estimate of drug-likeness (QED) is 0.0197. The van der Waals surface area contributed by atoms with Gasteiger partial charge in [-0.25, -0.2) is 4.57 Å². The third kappa shape index (κ3) is 57.6. The monoisotopic (exact) mass is 1120 g/mol. The molecule has 0 aliphatic rings. The van der Waals surface area contributed by atoms with E-state index in [0.29, 0.717) is 19.3 Å². The number of unbranched alkanes of at least 4 members (excludes halogenated alkanes) is 30. The van der Waals surface area contributed by atoms with Crippen LogP contribution in [-0.2, 0) is 42.2 Å². The van der Waals surface area contributed by atoms with E-state index < -0.39 is 57.8 Å². The number of carbonyl (C=O) groups is 3. The standard InChI is InChI=1S/C66H117O11P/c1-4-7-10-13-16-19-22-25-28-31-34-37-40-43-46-49-52-55-64(68)73-59-63(77-66(70)57-54-51-48-45-42-39-36-33-30-27-24-21-18-15-12-9-6-3)61-75-78(71,72)74-60-62(58-67)76-65(69)56-53-50-47-44-41-38-35-32-29-26-23-20-17-14-11-8-5-2/h7,10,16,19,25-30,34,37,62-63,67H,4-6,8-9,11-15,17-18,20-24,31-33,35-36,38-61H2,1-3H3,(H,71,72)/b10-7-,19-16-,28-25-,29-26-,30-27-,37-34-. The van der Waals surface area contributed by atoms with Crippen LogP contribution in [0.3, 0.4) is 0 Å². The third-order valence-corrected chi connectivity index (χ3v) is 14.5. The number of rotatable bonds is 59. The topological polar surface area (TPSA) is 155 Å². The highest BCUT2D eigenvalue weighted by Gasteiger charge is 2.28. The summed E-state index contributed by atoms with van der Waals surface area (Å²) in [5.41, 5.74) is 0. The zero-order chi connectivity index (χ0) is 56.9. The van der Waals surface area contributed by atoms with Crippen molar-refractivity contribution in [2.45, 2.75) is 303 Å². The molecule has 0 saturated heterocycles. The minimum absolute atomic E-state index is 0.156.